The summed E-state index contributed by atoms with van der Waals surface area (Å²) in [7, 11) is 1.38. The number of rotatable bonds is 4. The van der Waals surface area contributed by atoms with Gasteiger partial charge in [-0.3, -0.25) is 0 Å². The van der Waals surface area contributed by atoms with Gasteiger partial charge in [-0.2, -0.15) is 0 Å². The first kappa shape index (κ1) is 14.0. The summed E-state index contributed by atoms with van der Waals surface area (Å²) < 4.78 is 0. The fraction of sp³-hybridized carbons (Fsp3) is 0.333. The zero-order valence-corrected chi connectivity index (χ0v) is 9.22. The van der Waals surface area contributed by atoms with Crippen LogP contribution in [0.5, 0.6) is 0 Å². The van der Waals surface area contributed by atoms with Crippen molar-refractivity contribution >= 4 is 12.2 Å². The van der Waals surface area contributed by atoms with Gasteiger partial charge in [0.25, 0.3) is 0 Å². The number of hydrogen-bond acceptors (Lipinski definition) is 4. The average molecular weight is 218 g/mol. The summed E-state index contributed by atoms with van der Waals surface area (Å²) in [5.74, 6) is 0. The van der Waals surface area contributed by atoms with Crippen LogP contribution in [-0.2, 0) is 16.0 Å². The van der Waals surface area contributed by atoms with Crippen molar-refractivity contribution in [1.29, 1.82) is 0 Å². The van der Waals surface area contributed by atoms with Crippen molar-refractivity contribution in [3.8, 4) is 0 Å². The van der Waals surface area contributed by atoms with Crippen molar-refractivity contribution in [2.24, 2.45) is 9.98 Å². The van der Waals surface area contributed by atoms with Crippen LogP contribution in [0.25, 0.3) is 0 Å². The van der Waals surface area contributed by atoms with Gasteiger partial charge >= 0.3 is 0 Å². The van der Waals surface area contributed by atoms with E-state index in [1.807, 2.05) is 18.2 Å². The van der Waals surface area contributed by atoms with E-state index in [1.54, 1.807) is 0 Å². The molecule has 0 aliphatic heterocycles. The highest BCUT2D eigenvalue weighted by molar-refractivity contribution is 5.32. The molecule has 1 rings (SSSR count). The lowest BCUT2D eigenvalue weighted by molar-refractivity contribution is 0.562. The minimum Gasteiger partial charge on any atom is -0.211 e. The molecule has 0 aliphatic carbocycles. The Balaban J connectivity index is 0.000000487. The molecule has 1 aromatic rings. The molecule has 16 heavy (non-hydrogen) atoms. The molecule has 4 heteroatoms. The Morgan fingerprint density at radius 3 is 2.25 bits per heavy atom. The Kier molecular flexibility index (Phi) is 9.66. The number of hydrogen-bond donors (Lipinski definition) is 0. The molecule has 0 atom stereocenters. The zero-order valence-electron chi connectivity index (χ0n) is 9.22. The van der Waals surface area contributed by atoms with E-state index in [2.05, 4.69) is 22.1 Å². The van der Waals surface area contributed by atoms with Crippen LogP contribution in [0, 0.1) is 0 Å². The van der Waals surface area contributed by atoms with Gasteiger partial charge in [-0.25, -0.2) is 19.6 Å². The van der Waals surface area contributed by atoms with Crippen molar-refractivity contribution in [2.45, 2.75) is 12.8 Å². The molecule has 0 aromatic heterocycles. The third-order valence-corrected chi connectivity index (χ3v) is 1.73. The lowest BCUT2D eigenvalue weighted by atomic mass is 10.1. The predicted molar refractivity (Wildman–Crippen MR) is 61.8 cm³/mol. The second-order valence-corrected chi connectivity index (χ2v) is 2.88. The van der Waals surface area contributed by atoms with Crippen molar-refractivity contribution in [1.82, 2.24) is 0 Å². The second-order valence-electron chi connectivity index (χ2n) is 2.88. The molecular formula is C12H14N2O2. The van der Waals surface area contributed by atoms with Gasteiger partial charge in [-0.1, -0.05) is 30.3 Å². The molecule has 0 aliphatic rings. The number of nitrogens with zero attached hydrogens (tertiary/aromatic N) is 2. The van der Waals surface area contributed by atoms with Crippen LogP contribution in [0.15, 0.2) is 40.3 Å². The fourth-order valence-electron chi connectivity index (χ4n) is 1.05. The highest BCUT2D eigenvalue weighted by Crippen LogP contribution is 2.01. The molecule has 4 nitrogen and oxygen atoms in total. The molecule has 0 unspecified atom stereocenters. The third kappa shape index (κ3) is 8.57. The van der Waals surface area contributed by atoms with Crippen LogP contribution in [0.2, 0.25) is 0 Å². The Labute approximate surface area is 94.7 Å². The van der Waals surface area contributed by atoms with E-state index in [4.69, 9.17) is 4.79 Å². The number of aryl methyl sites for hydroxylation is 1. The Hall–Kier alpha value is -2.02. The monoisotopic (exact) mass is 218 g/mol. The van der Waals surface area contributed by atoms with E-state index in [-0.39, 0.29) is 0 Å². The number of aliphatic imine (C=N–C) groups is 2. The molecule has 0 spiro atoms. The van der Waals surface area contributed by atoms with Gasteiger partial charge < -0.3 is 0 Å². The summed E-state index contributed by atoms with van der Waals surface area (Å²) in [6.07, 6.45) is 4.73. The first-order chi connectivity index (χ1) is 7.85. The average Bonchev–Trinajstić information content (AvgIpc) is 2.36. The largest absolute Gasteiger partial charge is 0.234 e. The van der Waals surface area contributed by atoms with E-state index < -0.39 is 0 Å². The summed E-state index contributed by atoms with van der Waals surface area (Å²) in [5.41, 5.74) is 1.29. The summed E-state index contributed by atoms with van der Waals surface area (Å²) >= 11 is 0. The van der Waals surface area contributed by atoms with Crippen molar-refractivity contribution in [3.05, 3.63) is 35.9 Å². The fourth-order valence-corrected chi connectivity index (χ4v) is 1.05. The maximum absolute atomic E-state index is 9.72. The van der Waals surface area contributed by atoms with Crippen molar-refractivity contribution in [3.63, 3.8) is 0 Å². The molecule has 0 N–H and O–H groups in total. The predicted octanol–water partition coefficient (Wildman–Crippen LogP) is 1.91. The molecule has 0 fully saturated rings. The standard InChI is InChI=1S/C10H11NO.C2H3NO/c12-9-11-8-4-7-10-5-2-1-3-6-10;1-3-2-4/h1-3,5-6H,4,7-8H2;1H3. The smallest absolute Gasteiger partial charge is 0.211 e. The van der Waals surface area contributed by atoms with E-state index >= 15 is 0 Å². The van der Waals surface area contributed by atoms with Crippen LogP contribution in [-0.4, -0.2) is 25.8 Å². The van der Waals surface area contributed by atoms with E-state index in [9.17, 15) is 4.79 Å². The van der Waals surface area contributed by atoms with E-state index in [0.29, 0.717) is 6.54 Å². The van der Waals surface area contributed by atoms with Gasteiger partial charge in [-0.05, 0) is 18.4 Å². The summed E-state index contributed by atoms with van der Waals surface area (Å²) in [5, 5.41) is 0. The van der Waals surface area contributed by atoms with Crippen LogP contribution in [0.4, 0.5) is 0 Å². The van der Waals surface area contributed by atoms with Gasteiger partial charge in [0.2, 0.25) is 12.2 Å². The van der Waals surface area contributed by atoms with Crippen molar-refractivity contribution in [2.75, 3.05) is 13.6 Å². The van der Waals surface area contributed by atoms with E-state index in [1.165, 1.54) is 24.8 Å². The normalized spacial score (nSPS) is 7.81. The summed E-state index contributed by atoms with van der Waals surface area (Å²) in [6.45, 7) is 0.582. The van der Waals surface area contributed by atoms with Crippen molar-refractivity contribution < 1.29 is 9.59 Å². The maximum atomic E-state index is 9.72. The summed E-state index contributed by atoms with van der Waals surface area (Å²) in [4.78, 5) is 25.0. The second kappa shape index (κ2) is 11.1. The highest BCUT2D eigenvalue weighted by atomic mass is 16.1. The molecule has 84 valence electrons. The highest BCUT2D eigenvalue weighted by Gasteiger charge is 1.89. The van der Waals surface area contributed by atoms with Crippen LogP contribution in [0.3, 0.4) is 0 Å². The van der Waals surface area contributed by atoms with E-state index in [0.717, 1.165) is 12.8 Å². The number of benzene rings is 1. The Bertz CT molecular complexity index is 364. The lowest BCUT2D eigenvalue weighted by Crippen LogP contribution is -1.87. The minimum absolute atomic E-state index is 0.582. The maximum Gasteiger partial charge on any atom is 0.234 e. The Morgan fingerprint density at radius 1 is 1.12 bits per heavy atom. The third-order valence-electron chi connectivity index (χ3n) is 1.73. The molecular weight excluding hydrogens is 204 g/mol. The Morgan fingerprint density at radius 2 is 1.75 bits per heavy atom. The SMILES string of the molecule is CN=C=O.O=C=NCCCc1ccccc1. The first-order valence-corrected chi connectivity index (χ1v) is 4.88. The number of isocyanates is 2. The van der Waals surface area contributed by atoms with Gasteiger partial charge in [0, 0.05) is 7.05 Å². The van der Waals surface area contributed by atoms with Crippen LogP contribution < -0.4 is 0 Å². The number of carbonyl (C=O) groups excluding carboxylic acids is 2. The first-order valence-electron chi connectivity index (χ1n) is 4.88. The van der Waals surface area contributed by atoms with Crippen LogP contribution in [0.1, 0.15) is 12.0 Å². The van der Waals surface area contributed by atoms with Crippen LogP contribution >= 0.6 is 0 Å². The minimum atomic E-state index is 0.582. The zero-order chi connectivity index (χ0) is 12.1. The van der Waals surface area contributed by atoms with Gasteiger partial charge in [0.05, 0.1) is 6.54 Å². The molecule has 0 saturated heterocycles. The summed E-state index contributed by atoms with van der Waals surface area (Å²) in [6, 6.07) is 10.2. The molecule has 0 bridgehead atoms. The quantitative estimate of drug-likeness (QED) is 0.440. The molecule has 0 heterocycles. The molecule has 1 aromatic carbocycles. The molecule has 0 amide bonds. The molecule has 0 saturated carbocycles. The van der Waals surface area contributed by atoms with Gasteiger partial charge in [0.15, 0.2) is 0 Å². The van der Waals surface area contributed by atoms with Gasteiger partial charge in [0.1, 0.15) is 0 Å². The topological polar surface area (TPSA) is 58.9 Å². The molecule has 0 radical (unpaired) electrons. The van der Waals surface area contributed by atoms with Gasteiger partial charge in [-0.15, -0.1) is 0 Å². The lowest BCUT2D eigenvalue weighted by Gasteiger charge is -1.96.